The van der Waals surface area contributed by atoms with Crippen LogP contribution in [0.5, 0.6) is 0 Å². The summed E-state index contributed by atoms with van der Waals surface area (Å²) in [4.78, 5) is 0. The van der Waals surface area contributed by atoms with E-state index in [0.717, 1.165) is 55.8 Å². The van der Waals surface area contributed by atoms with Crippen LogP contribution in [0.4, 0.5) is 0 Å². The van der Waals surface area contributed by atoms with Crippen molar-refractivity contribution in [2.75, 3.05) is 0 Å². The summed E-state index contributed by atoms with van der Waals surface area (Å²) in [5.74, 6) is 0.403. The van der Waals surface area contributed by atoms with E-state index in [0.29, 0.717) is 12.3 Å². The van der Waals surface area contributed by atoms with Crippen molar-refractivity contribution < 1.29 is 0 Å². The minimum atomic E-state index is -0.170. The summed E-state index contributed by atoms with van der Waals surface area (Å²) in [5.41, 5.74) is 16.0. The Kier molecular flexibility index (Phi) is 9.39. The van der Waals surface area contributed by atoms with E-state index < -0.39 is 0 Å². The Morgan fingerprint density at radius 1 is 0.382 bits per heavy atom. The van der Waals surface area contributed by atoms with Gasteiger partial charge in [-0.3, -0.25) is 5.41 Å². The fourth-order valence-corrected chi connectivity index (χ4v) is 10.8. The highest BCUT2D eigenvalue weighted by Crippen LogP contribution is 2.44. The second-order valence-electron chi connectivity index (χ2n) is 17.7. The molecule has 0 aliphatic rings. The zero-order valence-electron chi connectivity index (χ0n) is 37.2. The molecule has 68 heavy (non-hydrogen) atoms. The van der Waals surface area contributed by atoms with Crippen LogP contribution in [0, 0.1) is 5.41 Å². The Bertz CT molecular complexity index is 4030. The zero-order chi connectivity index (χ0) is 45.1. The fraction of sp³-hybridized carbons (Fsp3) is 0.0317. The lowest BCUT2D eigenvalue weighted by molar-refractivity contribution is 0.643. The van der Waals surface area contributed by atoms with Crippen LogP contribution in [0.3, 0.4) is 0 Å². The predicted octanol–water partition coefficient (Wildman–Crippen LogP) is 15.5. The van der Waals surface area contributed by atoms with Crippen molar-refractivity contribution >= 4 is 71.3 Å². The Morgan fingerprint density at radius 3 is 1.47 bits per heavy atom. The van der Waals surface area contributed by atoms with Crippen molar-refractivity contribution in [2.45, 2.75) is 12.5 Å². The first-order valence-electron chi connectivity index (χ1n) is 23.4. The number of fused-ring (bicyclic) bond motifs is 9. The van der Waals surface area contributed by atoms with Gasteiger partial charge in [0.2, 0.25) is 0 Å². The molecule has 0 saturated heterocycles. The number of amidine groups is 1. The molecule has 5 nitrogen and oxygen atoms in total. The second-order valence-corrected chi connectivity index (χ2v) is 17.7. The van der Waals surface area contributed by atoms with Crippen molar-refractivity contribution in [3.05, 3.63) is 259 Å². The van der Waals surface area contributed by atoms with Gasteiger partial charge >= 0.3 is 0 Å². The summed E-state index contributed by atoms with van der Waals surface area (Å²) in [6.45, 7) is 0. The van der Waals surface area contributed by atoms with E-state index in [1.165, 1.54) is 54.5 Å². The van der Waals surface area contributed by atoms with Crippen molar-refractivity contribution in [1.29, 1.82) is 5.41 Å². The van der Waals surface area contributed by atoms with Gasteiger partial charge < -0.3 is 19.0 Å². The van der Waals surface area contributed by atoms with Crippen LogP contribution in [0.2, 0.25) is 0 Å². The molecule has 0 amide bonds. The van der Waals surface area contributed by atoms with E-state index in [1.807, 2.05) is 30.3 Å². The molecule has 13 aromatic rings. The number of hydrogen-bond acceptors (Lipinski definition) is 1. The highest BCUT2D eigenvalue weighted by Gasteiger charge is 2.24. The lowest BCUT2D eigenvalue weighted by atomic mass is 9.88. The average molecular weight is 872 g/mol. The number of rotatable bonds is 9. The number of aromatic nitrogens is 3. The Balaban J connectivity index is 1.04. The number of nitrogens with one attached hydrogen (secondary N) is 2. The highest BCUT2D eigenvalue weighted by molar-refractivity contribution is 6.18. The van der Waals surface area contributed by atoms with Gasteiger partial charge in [0.15, 0.2) is 0 Å². The standard InChI is InChI=1S/C63H45N5/c64-63(43-21-7-2-8-22-43)65-54(42-19-5-1-6-20-42)40-45-34-37-60-62(51-29-15-18-32-57(51)67(60)47-25-11-4-12-26-47)61(45)44-33-36-58-52(39-44)49-27-13-17-31-56(49)68(58)48-35-38-59-53(41-48)50-28-14-16-30-55(50)66(59)46-23-9-3-10-24-46/h1-39,41,54H,40H2,(H2,64,65). The normalized spacial score (nSPS) is 12.2. The van der Waals surface area contributed by atoms with Crippen LogP contribution in [0.15, 0.2) is 243 Å². The Labute approximate surface area is 393 Å². The smallest absolute Gasteiger partial charge is 0.125 e. The molecule has 322 valence electrons. The molecule has 0 fully saturated rings. The minimum absolute atomic E-state index is 0.170. The summed E-state index contributed by atoms with van der Waals surface area (Å²) in [7, 11) is 0. The predicted molar refractivity (Wildman–Crippen MR) is 284 cm³/mol. The summed E-state index contributed by atoms with van der Waals surface area (Å²) >= 11 is 0. The molecule has 3 aromatic heterocycles. The molecule has 1 unspecified atom stereocenters. The third-order valence-corrected chi connectivity index (χ3v) is 13.8. The maximum absolute atomic E-state index is 9.28. The molecular weight excluding hydrogens is 827 g/mol. The SMILES string of the molecule is N=C(NC(Cc1ccc2c(c1-c1ccc3c(c1)c1ccccc1n3-c1ccc3c(c1)c1ccccc1n3-c1ccccc1)c1ccccc1n2-c1ccccc1)c1ccccc1)c1ccccc1. The first-order valence-corrected chi connectivity index (χ1v) is 23.4. The first kappa shape index (κ1) is 39.4. The van der Waals surface area contributed by atoms with Crippen LogP contribution < -0.4 is 5.32 Å². The topological polar surface area (TPSA) is 50.7 Å². The molecule has 1 atom stereocenters. The van der Waals surface area contributed by atoms with Crippen molar-refractivity contribution in [3.8, 4) is 28.2 Å². The Morgan fingerprint density at radius 2 is 0.838 bits per heavy atom. The molecule has 10 aromatic carbocycles. The van der Waals surface area contributed by atoms with Gasteiger partial charge in [-0.15, -0.1) is 0 Å². The van der Waals surface area contributed by atoms with Crippen LogP contribution >= 0.6 is 0 Å². The molecule has 0 aliphatic carbocycles. The number of nitrogens with zero attached hydrogens (tertiary/aromatic N) is 3. The van der Waals surface area contributed by atoms with Gasteiger partial charge in [-0.1, -0.05) is 164 Å². The maximum Gasteiger partial charge on any atom is 0.125 e. The number of hydrogen-bond donors (Lipinski definition) is 2. The monoisotopic (exact) mass is 871 g/mol. The zero-order valence-corrected chi connectivity index (χ0v) is 37.2. The van der Waals surface area contributed by atoms with Crippen LogP contribution in [0.1, 0.15) is 22.7 Å². The van der Waals surface area contributed by atoms with Gasteiger partial charge in [-0.25, -0.2) is 0 Å². The lowest BCUT2D eigenvalue weighted by Crippen LogP contribution is -2.30. The summed E-state index contributed by atoms with van der Waals surface area (Å²) < 4.78 is 7.23. The van der Waals surface area contributed by atoms with E-state index >= 15 is 0 Å². The van der Waals surface area contributed by atoms with Crippen molar-refractivity contribution in [1.82, 2.24) is 19.0 Å². The largest absolute Gasteiger partial charge is 0.363 e. The first-order chi connectivity index (χ1) is 33.7. The van der Waals surface area contributed by atoms with Gasteiger partial charge in [0, 0.05) is 54.9 Å². The Hall–Kier alpha value is -8.93. The lowest BCUT2D eigenvalue weighted by Gasteiger charge is -2.23. The molecule has 5 heteroatoms. The quantitative estimate of drug-likeness (QED) is 0.110. The molecule has 0 radical (unpaired) electrons. The van der Waals surface area contributed by atoms with Gasteiger partial charge in [-0.05, 0) is 108 Å². The van der Waals surface area contributed by atoms with Crippen LogP contribution in [0.25, 0.3) is 93.6 Å². The molecule has 2 N–H and O–H groups in total. The van der Waals surface area contributed by atoms with Crippen LogP contribution in [-0.2, 0) is 6.42 Å². The van der Waals surface area contributed by atoms with E-state index in [2.05, 4.69) is 231 Å². The number of para-hydroxylation sites is 5. The van der Waals surface area contributed by atoms with Gasteiger partial charge in [0.1, 0.15) is 5.84 Å². The maximum atomic E-state index is 9.28. The van der Waals surface area contributed by atoms with E-state index in [9.17, 15) is 5.41 Å². The van der Waals surface area contributed by atoms with Gasteiger partial charge in [0.25, 0.3) is 0 Å². The fourth-order valence-electron chi connectivity index (χ4n) is 10.8. The highest BCUT2D eigenvalue weighted by atomic mass is 15.0. The van der Waals surface area contributed by atoms with Crippen molar-refractivity contribution in [2.24, 2.45) is 0 Å². The minimum Gasteiger partial charge on any atom is -0.363 e. The summed E-state index contributed by atoms with van der Waals surface area (Å²) in [6, 6.07) is 86.8. The van der Waals surface area contributed by atoms with Crippen molar-refractivity contribution in [3.63, 3.8) is 0 Å². The third-order valence-electron chi connectivity index (χ3n) is 13.8. The van der Waals surface area contributed by atoms with Gasteiger partial charge in [0.05, 0.1) is 39.1 Å². The van der Waals surface area contributed by atoms with E-state index in [-0.39, 0.29) is 6.04 Å². The summed E-state index contributed by atoms with van der Waals surface area (Å²) in [5, 5.41) is 20.2. The average Bonchev–Trinajstić information content (AvgIpc) is 4.04. The van der Waals surface area contributed by atoms with E-state index in [4.69, 9.17) is 0 Å². The van der Waals surface area contributed by atoms with Crippen LogP contribution in [-0.4, -0.2) is 19.5 Å². The second kappa shape index (κ2) is 16.2. The molecular formula is C63H45N5. The van der Waals surface area contributed by atoms with Gasteiger partial charge in [-0.2, -0.15) is 0 Å². The molecule has 0 bridgehead atoms. The molecule has 0 aliphatic heterocycles. The van der Waals surface area contributed by atoms with E-state index in [1.54, 1.807) is 0 Å². The molecule has 0 spiro atoms. The molecule has 13 rings (SSSR count). The number of benzene rings is 10. The summed E-state index contributed by atoms with van der Waals surface area (Å²) in [6.07, 6.45) is 0.658. The third kappa shape index (κ3) is 6.43. The molecule has 3 heterocycles. The molecule has 0 saturated carbocycles.